The summed E-state index contributed by atoms with van der Waals surface area (Å²) in [5, 5.41) is 3.18. The Morgan fingerprint density at radius 3 is 2.57 bits per heavy atom. The number of anilines is 1. The lowest BCUT2D eigenvalue weighted by molar-refractivity contribution is 0.102. The van der Waals surface area contributed by atoms with Crippen LogP contribution in [0, 0.1) is 0 Å². The molecule has 1 heterocycles. The lowest BCUT2D eigenvalue weighted by atomic mass is 10.1. The van der Waals surface area contributed by atoms with Gasteiger partial charge in [-0.05, 0) is 37.6 Å². The van der Waals surface area contributed by atoms with E-state index in [1.165, 1.54) is 36.6 Å². The second-order valence-corrected chi connectivity index (χ2v) is 9.69. The lowest BCUT2D eigenvalue weighted by Crippen LogP contribution is -2.30. The van der Waals surface area contributed by atoms with Crippen molar-refractivity contribution in [1.82, 2.24) is 9.71 Å². The minimum absolute atomic E-state index is 0.0877. The van der Waals surface area contributed by atoms with Gasteiger partial charge < -0.3 is 4.74 Å². The van der Waals surface area contributed by atoms with Crippen molar-refractivity contribution in [3.8, 4) is 5.75 Å². The monoisotopic (exact) mass is 445 g/mol. The van der Waals surface area contributed by atoms with Gasteiger partial charge in [0.2, 0.25) is 10.0 Å². The number of hydrogen-bond donors (Lipinski definition) is 2. The zero-order valence-electron chi connectivity index (χ0n) is 16.9. The van der Waals surface area contributed by atoms with Crippen molar-refractivity contribution < 1.29 is 17.9 Å². The molecule has 7 nitrogen and oxygen atoms in total. The Kier molecular flexibility index (Phi) is 6.86. The predicted molar refractivity (Wildman–Crippen MR) is 118 cm³/mol. The van der Waals surface area contributed by atoms with Gasteiger partial charge in [-0.2, -0.15) is 0 Å². The summed E-state index contributed by atoms with van der Waals surface area (Å²) in [5.74, 6) is -0.279. The average molecular weight is 446 g/mol. The van der Waals surface area contributed by atoms with Gasteiger partial charge in [-0.25, -0.2) is 18.1 Å². The number of hydrogen-bond acceptors (Lipinski definition) is 6. The van der Waals surface area contributed by atoms with E-state index < -0.39 is 15.9 Å². The predicted octanol–water partition coefficient (Wildman–Crippen LogP) is 3.68. The molecule has 0 bridgehead atoms. The van der Waals surface area contributed by atoms with Crippen LogP contribution in [0.4, 0.5) is 5.13 Å². The van der Waals surface area contributed by atoms with Gasteiger partial charge in [0, 0.05) is 29.1 Å². The number of amides is 1. The van der Waals surface area contributed by atoms with Gasteiger partial charge in [-0.1, -0.05) is 30.3 Å². The van der Waals surface area contributed by atoms with Gasteiger partial charge in [0.25, 0.3) is 5.91 Å². The number of carbonyl (C=O) groups excluding carboxylic acids is 1. The van der Waals surface area contributed by atoms with Crippen molar-refractivity contribution in [3.63, 3.8) is 0 Å². The molecule has 0 saturated carbocycles. The number of rotatable bonds is 8. The molecular formula is C21H23N3O4S2. The Morgan fingerprint density at radius 2 is 1.90 bits per heavy atom. The maximum Gasteiger partial charge on any atom is 0.257 e. The minimum Gasteiger partial charge on any atom is -0.495 e. The highest BCUT2D eigenvalue weighted by atomic mass is 32.2. The molecule has 0 unspecified atom stereocenters. The normalized spacial score (nSPS) is 11.5. The summed E-state index contributed by atoms with van der Waals surface area (Å²) in [7, 11) is -2.45. The highest BCUT2D eigenvalue weighted by molar-refractivity contribution is 7.89. The van der Waals surface area contributed by atoms with E-state index in [-0.39, 0.29) is 22.3 Å². The fraction of sp³-hybridized carbons (Fsp3) is 0.238. The maximum atomic E-state index is 12.7. The molecule has 0 aliphatic carbocycles. The van der Waals surface area contributed by atoms with Gasteiger partial charge in [-0.3, -0.25) is 10.1 Å². The average Bonchev–Trinajstić information content (AvgIpc) is 3.14. The Labute approximate surface area is 180 Å². The van der Waals surface area contributed by atoms with Gasteiger partial charge in [0.15, 0.2) is 5.13 Å². The lowest BCUT2D eigenvalue weighted by Gasteiger charge is -2.14. The standard InChI is InChI=1S/C21H23N3O4S2/c1-14(2)24-30(26,27)19-12-16(9-10-18(19)28-3)20(25)23-21-22-13-17(29-21)11-15-7-5-4-6-8-15/h4-10,12-14,24H,11H2,1-3H3,(H,22,23,25). The van der Waals surface area contributed by atoms with E-state index in [1.54, 1.807) is 20.0 Å². The highest BCUT2D eigenvalue weighted by Gasteiger charge is 2.22. The molecule has 3 aromatic rings. The van der Waals surface area contributed by atoms with Gasteiger partial charge >= 0.3 is 0 Å². The number of ether oxygens (including phenoxy) is 1. The first kappa shape index (κ1) is 21.9. The smallest absolute Gasteiger partial charge is 0.257 e. The molecule has 9 heteroatoms. The van der Waals surface area contributed by atoms with Crippen molar-refractivity contribution in [3.05, 3.63) is 70.7 Å². The summed E-state index contributed by atoms with van der Waals surface area (Å²) in [6, 6.07) is 14.0. The second kappa shape index (κ2) is 9.38. The molecule has 2 N–H and O–H groups in total. The molecule has 1 aromatic heterocycles. The quantitative estimate of drug-likeness (QED) is 0.551. The van der Waals surface area contributed by atoms with E-state index in [0.717, 1.165) is 16.9 Å². The maximum absolute atomic E-state index is 12.7. The van der Waals surface area contributed by atoms with E-state index in [2.05, 4.69) is 15.0 Å². The number of thiazole rings is 1. The molecular weight excluding hydrogens is 422 g/mol. The third-order valence-electron chi connectivity index (χ3n) is 4.10. The van der Waals surface area contributed by atoms with Crippen LogP contribution in [-0.4, -0.2) is 32.5 Å². The highest BCUT2D eigenvalue weighted by Crippen LogP contribution is 2.26. The van der Waals surface area contributed by atoms with E-state index in [9.17, 15) is 13.2 Å². The van der Waals surface area contributed by atoms with Crippen molar-refractivity contribution in [2.24, 2.45) is 0 Å². The Hall–Kier alpha value is -2.75. The Bertz CT molecular complexity index is 1130. The summed E-state index contributed by atoms with van der Waals surface area (Å²) in [6.07, 6.45) is 2.45. The fourth-order valence-electron chi connectivity index (χ4n) is 2.82. The molecule has 30 heavy (non-hydrogen) atoms. The largest absolute Gasteiger partial charge is 0.495 e. The van der Waals surface area contributed by atoms with Crippen LogP contribution in [-0.2, 0) is 16.4 Å². The van der Waals surface area contributed by atoms with Crippen LogP contribution in [0.2, 0.25) is 0 Å². The molecule has 2 aromatic carbocycles. The Morgan fingerprint density at radius 1 is 1.17 bits per heavy atom. The summed E-state index contributed by atoms with van der Waals surface area (Å²) in [6.45, 7) is 3.44. The molecule has 0 aliphatic rings. The zero-order valence-corrected chi connectivity index (χ0v) is 18.5. The second-order valence-electron chi connectivity index (χ2n) is 6.89. The summed E-state index contributed by atoms with van der Waals surface area (Å²) >= 11 is 1.38. The number of nitrogens with zero attached hydrogens (tertiary/aromatic N) is 1. The van der Waals surface area contributed by atoms with E-state index in [0.29, 0.717) is 5.13 Å². The third kappa shape index (κ3) is 5.44. The summed E-state index contributed by atoms with van der Waals surface area (Å²) in [4.78, 5) is 17.9. The van der Waals surface area contributed by atoms with E-state index >= 15 is 0 Å². The van der Waals surface area contributed by atoms with Crippen LogP contribution in [0.3, 0.4) is 0 Å². The molecule has 3 rings (SSSR count). The number of benzene rings is 2. The van der Waals surface area contributed by atoms with Crippen molar-refractivity contribution in [2.45, 2.75) is 31.2 Å². The minimum atomic E-state index is -3.83. The van der Waals surface area contributed by atoms with Crippen LogP contribution in [0.25, 0.3) is 0 Å². The van der Waals surface area contributed by atoms with Crippen LogP contribution < -0.4 is 14.8 Å². The molecule has 0 spiro atoms. The number of carbonyl (C=O) groups is 1. The Balaban J connectivity index is 1.78. The number of sulfonamides is 1. The molecule has 158 valence electrons. The summed E-state index contributed by atoms with van der Waals surface area (Å²) in [5.41, 5.74) is 1.35. The van der Waals surface area contributed by atoms with Crippen LogP contribution >= 0.6 is 11.3 Å². The molecule has 0 aliphatic heterocycles. The molecule has 0 atom stereocenters. The molecule has 0 fully saturated rings. The van der Waals surface area contributed by atoms with Crippen LogP contribution in [0.5, 0.6) is 5.75 Å². The summed E-state index contributed by atoms with van der Waals surface area (Å²) < 4.78 is 32.9. The first-order chi connectivity index (χ1) is 14.3. The molecule has 0 saturated heterocycles. The SMILES string of the molecule is COc1ccc(C(=O)Nc2ncc(Cc3ccccc3)s2)cc1S(=O)(=O)NC(C)C. The fourth-order valence-corrected chi connectivity index (χ4v) is 5.10. The van der Waals surface area contributed by atoms with Gasteiger partial charge in [0.05, 0.1) is 7.11 Å². The van der Waals surface area contributed by atoms with Crippen molar-refractivity contribution in [1.29, 1.82) is 0 Å². The molecule has 1 amide bonds. The number of methoxy groups -OCH3 is 1. The molecule has 0 radical (unpaired) electrons. The number of aromatic nitrogens is 1. The van der Waals surface area contributed by atoms with Crippen molar-refractivity contribution in [2.75, 3.05) is 12.4 Å². The first-order valence-corrected chi connectivity index (χ1v) is 11.6. The van der Waals surface area contributed by atoms with Gasteiger partial charge in [0.1, 0.15) is 10.6 Å². The van der Waals surface area contributed by atoms with Crippen LogP contribution in [0.1, 0.15) is 34.6 Å². The first-order valence-electron chi connectivity index (χ1n) is 9.29. The third-order valence-corrected chi connectivity index (χ3v) is 6.69. The van der Waals surface area contributed by atoms with E-state index in [4.69, 9.17) is 4.74 Å². The van der Waals surface area contributed by atoms with E-state index in [1.807, 2.05) is 30.3 Å². The van der Waals surface area contributed by atoms with Crippen molar-refractivity contribution >= 4 is 32.4 Å². The topological polar surface area (TPSA) is 97.4 Å². The van der Waals surface area contributed by atoms with Crippen LogP contribution in [0.15, 0.2) is 59.6 Å². The zero-order chi connectivity index (χ0) is 21.7. The number of nitrogens with one attached hydrogen (secondary N) is 2. The van der Waals surface area contributed by atoms with Gasteiger partial charge in [-0.15, -0.1) is 11.3 Å².